The minimum absolute atomic E-state index is 0.790. The summed E-state index contributed by atoms with van der Waals surface area (Å²) in [6.45, 7) is 12.8. The molecule has 108 valence electrons. The standard InChI is InChI=1S/C17H28IN/c1-14(2)9-11-19(12-10-15(3)4)13-16-5-7-17(18)8-6-16/h5-8,14-15H,9-13H2,1-4H3. The van der Waals surface area contributed by atoms with Gasteiger partial charge in [0, 0.05) is 10.1 Å². The summed E-state index contributed by atoms with van der Waals surface area (Å²) < 4.78 is 1.32. The molecule has 0 bridgehead atoms. The van der Waals surface area contributed by atoms with Crippen LogP contribution >= 0.6 is 22.6 Å². The van der Waals surface area contributed by atoms with Crippen molar-refractivity contribution < 1.29 is 0 Å². The Kier molecular flexibility index (Phi) is 8.00. The molecule has 1 rings (SSSR count). The average molecular weight is 373 g/mol. The van der Waals surface area contributed by atoms with E-state index in [1.165, 1.54) is 35.1 Å². The van der Waals surface area contributed by atoms with Gasteiger partial charge in [0.05, 0.1) is 0 Å². The Balaban J connectivity index is 2.53. The highest BCUT2D eigenvalue weighted by Crippen LogP contribution is 2.12. The van der Waals surface area contributed by atoms with Gasteiger partial charge in [-0.25, -0.2) is 0 Å². The van der Waals surface area contributed by atoms with Gasteiger partial charge < -0.3 is 0 Å². The quantitative estimate of drug-likeness (QED) is 0.567. The highest BCUT2D eigenvalue weighted by molar-refractivity contribution is 14.1. The summed E-state index contributed by atoms with van der Waals surface area (Å²) in [6, 6.07) is 8.94. The largest absolute Gasteiger partial charge is 0.299 e. The fraction of sp³-hybridized carbons (Fsp3) is 0.647. The molecule has 0 atom stereocenters. The number of hydrogen-bond acceptors (Lipinski definition) is 1. The van der Waals surface area contributed by atoms with Crippen LogP contribution in [0.2, 0.25) is 0 Å². The molecule has 0 unspecified atom stereocenters. The van der Waals surface area contributed by atoms with Gasteiger partial charge in [0.1, 0.15) is 0 Å². The van der Waals surface area contributed by atoms with Gasteiger partial charge in [-0.1, -0.05) is 39.8 Å². The maximum atomic E-state index is 2.61. The van der Waals surface area contributed by atoms with Crippen molar-refractivity contribution >= 4 is 22.6 Å². The van der Waals surface area contributed by atoms with Crippen molar-refractivity contribution in [2.75, 3.05) is 13.1 Å². The minimum Gasteiger partial charge on any atom is -0.299 e. The first-order valence-corrected chi connectivity index (χ1v) is 8.52. The second-order valence-corrected chi connectivity index (χ2v) is 7.51. The first kappa shape index (κ1) is 17.0. The topological polar surface area (TPSA) is 3.24 Å². The summed E-state index contributed by atoms with van der Waals surface area (Å²) in [5.74, 6) is 1.58. The summed E-state index contributed by atoms with van der Waals surface area (Å²) in [6.07, 6.45) is 2.59. The lowest BCUT2D eigenvalue weighted by Gasteiger charge is -2.24. The normalized spacial score (nSPS) is 11.8. The molecule has 0 spiro atoms. The molecule has 0 saturated heterocycles. The zero-order chi connectivity index (χ0) is 14.3. The molecule has 1 nitrogen and oxygen atoms in total. The van der Waals surface area contributed by atoms with Crippen molar-refractivity contribution in [2.45, 2.75) is 47.1 Å². The van der Waals surface area contributed by atoms with Gasteiger partial charge in [-0.05, 0) is 78.1 Å². The van der Waals surface area contributed by atoms with Gasteiger partial charge in [0.25, 0.3) is 0 Å². The Morgan fingerprint density at radius 1 is 0.895 bits per heavy atom. The highest BCUT2D eigenvalue weighted by Gasteiger charge is 2.08. The van der Waals surface area contributed by atoms with Gasteiger partial charge in [-0.3, -0.25) is 4.90 Å². The summed E-state index contributed by atoms with van der Waals surface area (Å²) in [7, 11) is 0. The molecule has 0 aliphatic carbocycles. The molecule has 0 heterocycles. The van der Waals surface area contributed by atoms with E-state index in [2.05, 4.69) is 79.5 Å². The van der Waals surface area contributed by atoms with E-state index in [0.717, 1.165) is 18.4 Å². The highest BCUT2D eigenvalue weighted by atomic mass is 127. The second kappa shape index (κ2) is 8.96. The number of benzene rings is 1. The van der Waals surface area contributed by atoms with Crippen molar-refractivity contribution in [3.63, 3.8) is 0 Å². The fourth-order valence-corrected chi connectivity index (χ4v) is 2.36. The van der Waals surface area contributed by atoms with Crippen LogP contribution in [-0.4, -0.2) is 18.0 Å². The van der Waals surface area contributed by atoms with E-state index in [1.807, 2.05) is 0 Å². The van der Waals surface area contributed by atoms with E-state index >= 15 is 0 Å². The summed E-state index contributed by atoms with van der Waals surface area (Å²) in [5, 5.41) is 0. The average Bonchev–Trinajstić information content (AvgIpc) is 2.35. The van der Waals surface area contributed by atoms with Crippen LogP contribution in [0.15, 0.2) is 24.3 Å². The van der Waals surface area contributed by atoms with E-state index in [9.17, 15) is 0 Å². The SMILES string of the molecule is CC(C)CCN(CCC(C)C)Cc1ccc(I)cc1. The first-order valence-electron chi connectivity index (χ1n) is 7.44. The van der Waals surface area contributed by atoms with Crippen molar-refractivity contribution in [1.82, 2.24) is 4.90 Å². The van der Waals surface area contributed by atoms with Gasteiger partial charge in [-0.15, -0.1) is 0 Å². The van der Waals surface area contributed by atoms with Crippen LogP contribution in [0.3, 0.4) is 0 Å². The van der Waals surface area contributed by atoms with E-state index in [4.69, 9.17) is 0 Å². The Labute approximate surface area is 132 Å². The van der Waals surface area contributed by atoms with Crippen molar-refractivity contribution in [3.05, 3.63) is 33.4 Å². The molecule has 0 aliphatic heterocycles. The Morgan fingerprint density at radius 2 is 1.37 bits per heavy atom. The summed E-state index contributed by atoms with van der Waals surface area (Å²) in [5.41, 5.74) is 1.44. The molecule has 0 saturated carbocycles. The van der Waals surface area contributed by atoms with Crippen molar-refractivity contribution in [1.29, 1.82) is 0 Å². The van der Waals surface area contributed by atoms with E-state index in [-0.39, 0.29) is 0 Å². The summed E-state index contributed by atoms with van der Waals surface area (Å²) in [4.78, 5) is 2.61. The maximum absolute atomic E-state index is 2.61. The van der Waals surface area contributed by atoms with Crippen LogP contribution in [0.25, 0.3) is 0 Å². The Bertz CT molecular complexity index is 331. The van der Waals surface area contributed by atoms with Crippen LogP contribution in [-0.2, 0) is 6.54 Å². The lowest BCUT2D eigenvalue weighted by molar-refractivity contribution is 0.235. The lowest BCUT2D eigenvalue weighted by Crippen LogP contribution is -2.27. The molecule has 1 aromatic carbocycles. The zero-order valence-electron chi connectivity index (χ0n) is 12.8. The maximum Gasteiger partial charge on any atom is 0.0233 e. The lowest BCUT2D eigenvalue weighted by atomic mass is 10.1. The van der Waals surface area contributed by atoms with Crippen LogP contribution in [0.1, 0.15) is 46.1 Å². The first-order chi connectivity index (χ1) is 8.97. The number of halogens is 1. The molecule has 0 N–H and O–H groups in total. The zero-order valence-corrected chi connectivity index (χ0v) is 15.0. The molecule has 0 aromatic heterocycles. The third-order valence-corrected chi connectivity index (χ3v) is 4.08. The number of nitrogens with zero attached hydrogens (tertiary/aromatic N) is 1. The molecule has 0 fully saturated rings. The molecule has 0 aliphatic rings. The van der Waals surface area contributed by atoms with Crippen LogP contribution in [0, 0.1) is 15.4 Å². The third kappa shape index (κ3) is 7.93. The van der Waals surface area contributed by atoms with Crippen molar-refractivity contribution in [2.24, 2.45) is 11.8 Å². The predicted molar refractivity (Wildman–Crippen MR) is 93.3 cm³/mol. The Hall–Kier alpha value is -0.0900. The van der Waals surface area contributed by atoms with E-state index in [1.54, 1.807) is 0 Å². The predicted octanol–water partition coefficient (Wildman–Crippen LogP) is 5.19. The van der Waals surface area contributed by atoms with Crippen LogP contribution in [0.5, 0.6) is 0 Å². The van der Waals surface area contributed by atoms with Crippen LogP contribution in [0.4, 0.5) is 0 Å². The molecular formula is C17H28IN. The molecular weight excluding hydrogens is 345 g/mol. The molecule has 0 amide bonds. The van der Waals surface area contributed by atoms with E-state index in [0.29, 0.717) is 0 Å². The second-order valence-electron chi connectivity index (χ2n) is 6.27. The van der Waals surface area contributed by atoms with Gasteiger partial charge in [-0.2, -0.15) is 0 Å². The summed E-state index contributed by atoms with van der Waals surface area (Å²) >= 11 is 2.37. The van der Waals surface area contributed by atoms with Gasteiger partial charge in [0.15, 0.2) is 0 Å². The molecule has 19 heavy (non-hydrogen) atoms. The van der Waals surface area contributed by atoms with E-state index < -0.39 is 0 Å². The Morgan fingerprint density at radius 3 is 1.79 bits per heavy atom. The molecule has 1 aromatic rings. The van der Waals surface area contributed by atoms with Crippen LogP contribution < -0.4 is 0 Å². The monoisotopic (exact) mass is 373 g/mol. The minimum atomic E-state index is 0.790. The van der Waals surface area contributed by atoms with Gasteiger partial charge >= 0.3 is 0 Å². The fourth-order valence-electron chi connectivity index (χ4n) is 2.00. The molecule has 0 radical (unpaired) electrons. The molecule has 2 heteroatoms. The number of hydrogen-bond donors (Lipinski definition) is 0. The number of rotatable bonds is 8. The van der Waals surface area contributed by atoms with Crippen molar-refractivity contribution in [3.8, 4) is 0 Å². The smallest absolute Gasteiger partial charge is 0.0233 e. The van der Waals surface area contributed by atoms with Gasteiger partial charge in [0.2, 0.25) is 0 Å². The third-order valence-electron chi connectivity index (χ3n) is 3.36.